The number of carbonyl (C=O) groups excluding carboxylic acids is 2. The summed E-state index contributed by atoms with van der Waals surface area (Å²) in [5, 5.41) is 10.6. The second kappa shape index (κ2) is 6.97. The van der Waals surface area contributed by atoms with Gasteiger partial charge in [0.1, 0.15) is 5.00 Å². The van der Waals surface area contributed by atoms with E-state index in [4.69, 9.17) is 22.7 Å². The van der Waals surface area contributed by atoms with Gasteiger partial charge in [0, 0.05) is 18.1 Å². The Hall–Kier alpha value is -2.46. The molecule has 2 aromatic heterocycles. The number of anilines is 2. The van der Waals surface area contributed by atoms with E-state index in [0.29, 0.717) is 16.3 Å². The Kier molecular flexibility index (Phi) is 5.20. The van der Waals surface area contributed by atoms with Crippen molar-refractivity contribution in [2.45, 2.75) is 13.8 Å². The summed E-state index contributed by atoms with van der Waals surface area (Å²) in [5.41, 5.74) is 7.01. The van der Waals surface area contributed by atoms with Gasteiger partial charge in [0.2, 0.25) is 0 Å². The van der Waals surface area contributed by atoms with Crippen molar-refractivity contribution < 1.29 is 14.3 Å². The summed E-state index contributed by atoms with van der Waals surface area (Å²) in [5.74, 6) is -1.11. The number of esters is 1. The number of thiocarbonyl (C=S) groups is 1. The highest BCUT2D eigenvalue weighted by Gasteiger charge is 2.21. The van der Waals surface area contributed by atoms with Gasteiger partial charge >= 0.3 is 5.97 Å². The number of aromatic nitrogens is 2. The van der Waals surface area contributed by atoms with E-state index in [1.807, 2.05) is 13.8 Å². The molecule has 2 heterocycles. The minimum Gasteiger partial charge on any atom is -0.465 e. The first-order valence-corrected chi connectivity index (χ1v) is 8.06. The molecule has 0 aliphatic rings. The second-order valence-corrected chi connectivity index (χ2v) is 6.62. The van der Waals surface area contributed by atoms with Gasteiger partial charge in [-0.25, -0.2) is 4.79 Å². The number of primary amides is 1. The van der Waals surface area contributed by atoms with E-state index >= 15 is 0 Å². The first-order chi connectivity index (χ1) is 11.2. The van der Waals surface area contributed by atoms with Crippen molar-refractivity contribution in [2.24, 2.45) is 12.8 Å². The van der Waals surface area contributed by atoms with E-state index < -0.39 is 11.9 Å². The number of aryl methyl sites for hydroxylation is 2. The van der Waals surface area contributed by atoms with Crippen molar-refractivity contribution in [1.82, 2.24) is 9.78 Å². The lowest BCUT2D eigenvalue weighted by molar-refractivity contribution is 0.0601. The van der Waals surface area contributed by atoms with Crippen LogP contribution in [0.3, 0.4) is 0 Å². The number of carbonyl (C=O) groups is 2. The smallest absolute Gasteiger partial charge is 0.341 e. The summed E-state index contributed by atoms with van der Waals surface area (Å²) in [4.78, 5) is 24.3. The van der Waals surface area contributed by atoms with E-state index in [-0.39, 0.29) is 10.8 Å². The number of thiophene rings is 1. The molecule has 0 saturated heterocycles. The van der Waals surface area contributed by atoms with Crippen LogP contribution in [0.25, 0.3) is 0 Å². The summed E-state index contributed by atoms with van der Waals surface area (Å²) in [7, 11) is 2.99. The van der Waals surface area contributed by atoms with Crippen LogP contribution in [-0.2, 0) is 11.8 Å². The molecule has 0 saturated carbocycles. The quantitative estimate of drug-likeness (QED) is 0.558. The Bertz CT molecular complexity index is 825. The fourth-order valence-electron chi connectivity index (χ4n) is 2.08. The molecule has 24 heavy (non-hydrogen) atoms. The zero-order valence-corrected chi connectivity index (χ0v) is 15.2. The molecule has 1 amide bonds. The number of ether oxygens (including phenoxy) is 1. The maximum atomic E-state index is 12.0. The third-order valence-corrected chi connectivity index (χ3v) is 4.64. The van der Waals surface area contributed by atoms with Crippen molar-refractivity contribution in [1.29, 1.82) is 0 Å². The van der Waals surface area contributed by atoms with Gasteiger partial charge in [-0.3, -0.25) is 9.48 Å². The summed E-state index contributed by atoms with van der Waals surface area (Å²) in [6.45, 7) is 3.74. The number of hydrogen-bond donors (Lipinski definition) is 3. The average Bonchev–Trinajstić information content (AvgIpc) is 2.99. The lowest BCUT2D eigenvalue weighted by atomic mass is 10.1. The van der Waals surface area contributed by atoms with Crippen LogP contribution in [0.1, 0.15) is 31.3 Å². The molecular weight excluding hydrogens is 350 g/mol. The van der Waals surface area contributed by atoms with Crippen molar-refractivity contribution in [2.75, 3.05) is 17.7 Å². The predicted molar refractivity (Wildman–Crippen MR) is 96.7 cm³/mol. The van der Waals surface area contributed by atoms with Crippen LogP contribution in [0.5, 0.6) is 0 Å². The molecule has 4 N–H and O–H groups in total. The minimum absolute atomic E-state index is 0.0772. The van der Waals surface area contributed by atoms with Crippen LogP contribution >= 0.6 is 23.6 Å². The summed E-state index contributed by atoms with van der Waals surface area (Å²) in [6.07, 6.45) is 1.58. The van der Waals surface area contributed by atoms with Crippen LogP contribution < -0.4 is 16.4 Å². The van der Waals surface area contributed by atoms with Crippen LogP contribution in [0.15, 0.2) is 6.20 Å². The summed E-state index contributed by atoms with van der Waals surface area (Å²) >= 11 is 6.64. The van der Waals surface area contributed by atoms with Crippen LogP contribution in [0.4, 0.5) is 10.7 Å². The molecule has 0 spiro atoms. The molecule has 0 atom stereocenters. The van der Waals surface area contributed by atoms with Gasteiger partial charge < -0.3 is 21.1 Å². The maximum Gasteiger partial charge on any atom is 0.341 e. The van der Waals surface area contributed by atoms with Gasteiger partial charge in [0.05, 0.1) is 18.4 Å². The first-order valence-electron chi connectivity index (χ1n) is 6.84. The largest absolute Gasteiger partial charge is 0.465 e. The molecule has 0 bridgehead atoms. The fraction of sp³-hybridized carbons (Fsp3) is 0.286. The Balaban J connectivity index is 2.24. The average molecular weight is 367 g/mol. The number of hydrogen-bond acceptors (Lipinski definition) is 6. The number of rotatable bonds is 4. The highest BCUT2D eigenvalue weighted by atomic mass is 32.1. The minimum atomic E-state index is -0.668. The van der Waals surface area contributed by atoms with Gasteiger partial charge in [-0.1, -0.05) is 0 Å². The lowest BCUT2D eigenvalue weighted by Gasteiger charge is -2.10. The van der Waals surface area contributed by atoms with Crippen LogP contribution in [0, 0.1) is 13.8 Å². The van der Waals surface area contributed by atoms with Gasteiger partial charge in [-0.05, 0) is 31.6 Å². The molecule has 2 aromatic rings. The molecule has 128 valence electrons. The van der Waals surface area contributed by atoms with E-state index in [0.717, 1.165) is 10.4 Å². The van der Waals surface area contributed by atoms with Crippen molar-refractivity contribution in [3.63, 3.8) is 0 Å². The number of amides is 1. The molecule has 0 aliphatic carbocycles. The Morgan fingerprint density at radius 2 is 2.04 bits per heavy atom. The second-order valence-electron chi connectivity index (χ2n) is 4.99. The third-order valence-electron chi connectivity index (χ3n) is 3.31. The molecule has 8 nitrogen and oxygen atoms in total. The lowest BCUT2D eigenvalue weighted by Crippen LogP contribution is -2.22. The van der Waals surface area contributed by atoms with E-state index in [2.05, 4.69) is 15.7 Å². The molecule has 0 unspecified atom stereocenters. The number of nitrogens with two attached hydrogens (primary N) is 1. The van der Waals surface area contributed by atoms with Gasteiger partial charge in [-0.15, -0.1) is 11.3 Å². The Morgan fingerprint density at radius 1 is 1.38 bits per heavy atom. The maximum absolute atomic E-state index is 12.0. The molecule has 0 fully saturated rings. The van der Waals surface area contributed by atoms with Crippen molar-refractivity contribution >= 4 is 51.2 Å². The van der Waals surface area contributed by atoms with E-state index in [9.17, 15) is 9.59 Å². The van der Waals surface area contributed by atoms with E-state index in [1.165, 1.54) is 23.1 Å². The van der Waals surface area contributed by atoms with Crippen molar-refractivity contribution in [3.8, 4) is 0 Å². The molecule has 10 heteroatoms. The zero-order valence-electron chi connectivity index (χ0n) is 13.6. The van der Waals surface area contributed by atoms with E-state index in [1.54, 1.807) is 13.2 Å². The topological polar surface area (TPSA) is 111 Å². The highest BCUT2D eigenvalue weighted by Crippen LogP contribution is 2.33. The van der Waals surface area contributed by atoms with Crippen LogP contribution in [0.2, 0.25) is 0 Å². The summed E-state index contributed by atoms with van der Waals surface area (Å²) in [6, 6.07) is 0. The zero-order chi connectivity index (χ0) is 18.0. The molecule has 0 aromatic carbocycles. The van der Waals surface area contributed by atoms with Gasteiger partial charge in [-0.2, -0.15) is 5.10 Å². The van der Waals surface area contributed by atoms with Gasteiger partial charge in [0.15, 0.2) is 10.8 Å². The number of methoxy groups -OCH3 is 1. The predicted octanol–water partition coefficient (Wildman–Crippen LogP) is 1.79. The third kappa shape index (κ3) is 3.54. The van der Waals surface area contributed by atoms with Crippen LogP contribution in [-0.4, -0.2) is 33.9 Å². The standard InChI is InChI=1S/C14H17N5O3S2/c1-6-7(2)24-12(9(6)13(21)22-4)17-14(23)16-8-5-19(3)18-10(8)11(15)20/h5H,1-4H3,(H2,15,20)(H2,16,17,23). The molecular formula is C14H17N5O3S2. The molecule has 0 aliphatic heterocycles. The summed E-state index contributed by atoms with van der Waals surface area (Å²) < 4.78 is 6.26. The number of nitrogens with zero attached hydrogens (tertiary/aromatic N) is 2. The van der Waals surface area contributed by atoms with Gasteiger partial charge in [0.25, 0.3) is 5.91 Å². The Morgan fingerprint density at radius 3 is 2.62 bits per heavy atom. The monoisotopic (exact) mass is 367 g/mol. The normalized spacial score (nSPS) is 10.3. The fourth-order valence-corrected chi connectivity index (χ4v) is 3.41. The SMILES string of the molecule is COC(=O)c1c(NC(=S)Nc2cn(C)nc2C(N)=O)sc(C)c1C. The highest BCUT2D eigenvalue weighted by molar-refractivity contribution is 7.80. The molecule has 0 radical (unpaired) electrons. The first kappa shape index (κ1) is 17.9. The number of nitrogens with one attached hydrogen (secondary N) is 2. The van der Waals surface area contributed by atoms with Crippen molar-refractivity contribution in [3.05, 3.63) is 27.9 Å². The Labute approximate surface area is 148 Å². The molecule has 2 rings (SSSR count).